The van der Waals surface area contributed by atoms with Crippen LogP contribution >= 0.6 is 11.8 Å². The number of pyridine rings is 1. The van der Waals surface area contributed by atoms with Gasteiger partial charge in [-0.05, 0) is 42.7 Å². The van der Waals surface area contributed by atoms with Gasteiger partial charge in [-0.2, -0.15) is 0 Å². The maximum Gasteiger partial charge on any atom is 0.270 e. The van der Waals surface area contributed by atoms with Crippen molar-refractivity contribution in [1.29, 1.82) is 0 Å². The van der Waals surface area contributed by atoms with E-state index in [-0.39, 0.29) is 11.1 Å². The molecule has 0 saturated heterocycles. The predicted octanol–water partition coefficient (Wildman–Crippen LogP) is 2.67. The van der Waals surface area contributed by atoms with E-state index in [2.05, 4.69) is 10.3 Å². The Morgan fingerprint density at radius 2 is 1.95 bits per heavy atom. The van der Waals surface area contributed by atoms with Gasteiger partial charge in [0.25, 0.3) is 11.5 Å². The molecule has 0 aliphatic carbocycles. The van der Waals surface area contributed by atoms with E-state index < -0.39 is 5.91 Å². The van der Waals surface area contributed by atoms with Gasteiger partial charge in [-0.15, -0.1) is 11.8 Å². The van der Waals surface area contributed by atoms with E-state index in [9.17, 15) is 9.59 Å². The smallest absolute Gasteiger partial charge is 0.270 e. The number of carbonyl (C=O) groups excluding carboxylic acids is 1. The molecule has 22 heavy (non-hydrogen) atoms. The Morgan fingerprint density at radius 3 is 2.68 bits per heavy atom. The molecule has 3 rings (SSSR count). The molecule has 1 amide bonds. The molecule has 5 nitrogen and oxygen atoms in total. The van der Waals surface area contributed by atoms with E-state index in [1.54, 1.807) is 48.3 Å². The summed E-state index contributed by atoms with van der Waals surface area (Å²) in [5.41, 5.74) is 0.773. The van der Waals surface area contributed by atoms with Crippen LogP contribution in [-0.4, -0.2) is 21.5 Å². The minimum Gasteiger partial charge on any atom is -0.322 e. The number of hydrogen-bond donors (Lipinski definition) is 1. The molecule has 3 aromatic rings. The minimum absolute atomic E-state index is 0.0117. The maximum absolute atomic E-state index is 12.3. The molecule has 0 bridgehead atoms. The van der Waals surface area contributed by atoms with Gasteiger partial charge in [-0.25, -0.2) is 4.98 Å². The molecule has 2 heterocycles. The molecule has 2 aromatic heterocycles. The lowest BCUT2D eigenvalue weighted by molar-refractivity contribution is 0.102. The number of carbonyl (C=O) groups is 1. The van der Waals surface area contributed by atoms with E-state index in [0.717, 1.165) is 4.90 Å². The van der Waals surface area contributed by atoms with Crippen LogP contribution in [0.3, 0.4) is 0 Å². The third-order valence-electron chi connectivity index (χ3n) is 3.21. The summed E-state index contributed by atoms with van der Waals surface area (Å²) in [6.07, 6.45) is 4.88. The summed E-state index contributed by atoms with van der Waals surface area (Å²) >= 11 is 1.62. The van der Waals surface area contributed by atoms with Crippen molar-refractivity contribution in [2.75, 3.05) is 11.6 Å². The molecule has 1 aromatic carbocycles. The molecular weight excluding hydrogens is 298 g/mol. The van der Waals surface area contributed by atoms with Gasteiger partial charge >= 0.3 is 0 Å². The van der Waals surface area contributed by atoms with Crippen LogP contribution in [-0.2, 0) is 0 Å². The zero-order chi connectivity index (χ0) is 15.5. The Hall–Kier alpha value is -2.60. The van der Waals surface area contributed by atoms with E-state index in [0.29, 0.717) is 11.3 Å². The summed E-state index contributed by atoms with van der Waals surface area (Å²) in [5.74, 6) is -0.465. The molecule has 6 heteroatoms. The van der Waals surface area contributed by atoms with Gasteiger partial charge < -0.3 is 5.32 Å². The van der Waals surface area contributed by atoms with Crippen LogP contribution in [0.15, 0.2) is 64.5 Å². The Balaban J connectivity index is 1.91. The Kier molecular flexibility index (Phi) is 3.93. The highest BCUT2D eigenvalue weighted by Gasteiger charge is 2.13. The van der Waals surface area contributed by atoms with Crippen molar-refractivity contribution in [3.05, 3.63) is 70.8 Å². The fourth-order valence-electron chi connectivity index (χ4n) is 2.06. The van der Waals surface area contributed by atoms with Crippen LogP contribution in [0.1, 0.15) is 10.4 Å². The quantitative estimate of drug-likeness (QED) is 0.755. The summed E-state index contributed by atoms with van der Waals surface area (Å²) in [5, 5.41) is 2.71. The van der Waals surface area contributed by atoms with E-state index in [4.69, 9.17) is 0 Å². The van der Waals surface area contributed by atoms with Crippen LogP contribution in [0, 0.1) is 0 Å². The van der Waals surface area contributed by atoms with Crippen LogP contribution in [0.25, 0.3) is 5.65 Å². The van der Waals surface area contributed by atoms with Gasteiger partial charge in [0.2, 0.25) is 0 Å². The highest BCUT2D eigenvalue weighted by atomic mass is 32.2. The highest BCUT2D eigenvalue weighted by Crippen LogP contribution is 2.17. The van der Waals surface area contributed by atoms with Crippen LogP contribution in [0.5, 0.6) is 0 Å². The Labute approximate surface area is 131 Å². The van der Waals surface area contributed by atoms with Crippen LogP contribution in [0.2, 0.25) is 0 Å². The number of anilines is 1. The highest BCUT2D eigenvalue weighted by molar-refractivity contribution is 7.98. The third-order valence-corrected chi connectivity index (χ3v) is 3.95. The fourth-order valence-corrected chi connectivity index (χ4v) is 2.46. The maximum atomic E-state index is 12.3. The first kappa shape index (κ1) is 14.3. The largest absolute Gasteiger partial charge is 0.322 e. The summed E-state index contributed by atoms with van der Waals surface area (Å²) in [6, 6.07) is 12.6. The third kappa shape index (κ3) is 2.73. The lowest BCUT2D eigenvalue weighted by Gasteiger charge is -2.06. The topological polar surface area (TPSA) is 63.5 Å². The summed E-state index contributed by atoms with van der Waals surface area (Å²) < 4.78 is 1.35. The average Bonchev–Trinajstić information content (AvgIpc) is 2.56. The number of amides is 1. The molecule has 0 spiro atoms. The number of hydrogen-bond acceptors (Lipinski definition) is 4. The van der Waals surface area contributed by atoms with Crippen molar-refractivity contribution in [2.24, 2.45) is 0 Å². The molecular formula is C16H13N3O2S. The lowest BCUT2D eigenvalue weighted by atomic mass is 10.2. The summed E-state index contributed by atoms with van der Waals surface area (Å²) in [6.45, 7) is 0. The number of aromatic nitrogens is 2. The molecule has 0 radical (unpaired) electrons. The second-order valence-electron chi connectivity index (χ2n) is 4.59. The summed E-state index contributed by atoms with van der Waals surface area (Å²) in [7, 11) is 0. The van der Waals surface area contributed by atoms with Crippen LogP contribution < -0.4 is 10.9 Å². The normalized spacial score (nSPS) is 10.6. The molecule has 1 N–H and O–H groups in total. The fraction of sp³-hybridized carbons (Fsp3) is 0.0625. The number of rotatable bonds is 3. The van der Waals surface area contributed by atoms with Gasteiger partial charge in [-0.1, -0.05) is 6.07 Å². The van der Waals surface area contributed by atoms with Gasteiger partial charge in [-0.3, -0.25) is 14.0 Å². The number of thioether (sulfide) groups is 1. The molecule has 0 saturated carbocycles. The van der Waals surface area contributed by atoms with Crippen molar-refractivity contribution in [3.63, 3.8) is 0 Å². The van der Waals surface area contributed by atoms with Gasteiger partial charge in [0, 0.05) is 23.0 Å². The Morgan fingerprint density at radius 1 is 1.18 bits per heavy atom. The molecule has 110 valence electrons. The predicted molar refractivity (Wildman–Crippen MR) is 87.6 cm³/mol. The molecule has 0 aliphatic heterocycles. The van der Waals surface area contributed by atoms with E-state index in [1.165, 1.54) is 10.6 Å². The van der Waals surface area contributed by atoms with Crippen molar-refractivity contribution >= 4 is 29.0 Å². The lowest BCUT2D eigenvalue weighted by Crippen LogP contribution is -2.26. The first-order valence-corrected chi connectivity index (χ1v) is 7.83. The molecule has 0 unspecified atom stereocenters. The first-order valence-electron chi connectivity index (χ1n) is 6.61. The summed E-state index contributed by atoms with van der Waals surface area (Å²) in [4.78, 5) is 29.8. The van der Waals surface area contributed by atoms with Gasteiger partial charge in [0.15, 0.2) is 0 Å². The average molecular weight is 311 g/mol. The zero-order valence-corrected chi connectivity index (χ0v) is 12.6. The van der Waals surface area contributed by atoms with Crippen molar-refractivity contribution < 1.29 is 4.79 Å². The van der Waals surface area contributed by atoms with E-state index in [1.807, 2.05) is 18.4 Å². The van der Waals surface area contributed by atoms with E-state index >= 15 is 0 Å². The van der Waals surface area contributed by atoms with Gasteiger partial charge in [0.1, 0.15) is 11.2 Å². The van der Waals surface area contributed by atoms with Crippen molar-refractivity contribution in [2.45, 2.75) is 4.90 Å². The standard InChI is InChI=1S/C16H13N3O2S/c1-22-12-7-5-11(6-8-12)18-15(20)13-10-17-14-4-2-3-9-19(14)16(13)21/h2-10H,1H3,(H,18,20). The number of nitrogens with zero attached hydrogens (tertiary/aromatic N) is 2. The molecule has 0 aliphatic rings. The van der Waals surface area contributed by atoms with Crippen molar-refractivity contribution in [3.8, 4) is 0 Å². The number of benzene rings is 1. The Bertz CT molecular complexity index is 888. The molecule has 0 atom stereocenters. The second kappa shape index (κ2) is 6.03. The second-order valence-corrected chi connectivity index (χ2v) is 5.47. The number of fused-ring (bicyclic) bond motifs is 1. The SMILES string of the molecule is CSc1ccc(NC(=O)c2cnc3ccccn3c2=O)cc1. The van der Waals surface area contributed by atoms with Gasteiger partial charge in [0.05, 0.1) is 0 Å². The van der Waals surface area contributed by atoms with Crippen molar-refractivity contribution in [1.82, 2.24) is 9.38 Å². The zero-order valence-electron chi connectivity index (χ0n) is 11.8. The number of nitrogens with one attached hydrogen (secondary N) is 1. The first-order chi connectivity index (χ1) is 10.7. The monoisotopic (exact) mass is 311 g/mol. The molecule has 0 fully saturated rings. The van der Waals surface area contributed by atoms with Crippen LogP contribution in [0.4, 0.5) is 5.69 Å². The minimum atomic E-state index is -0.465.